The van der Waals surface area contributed by atoms with E-state index >= 15 is 0 Å². The second-order valence-electron chi connectivity index (χ2n) is 5.28. The van der Waals surface area contributed by atoms with Crippen molar-refractivity contribution in [2.75, 3.05) is 7.11 Å². The predicted molar refractivity (Wildman–Crippen MR) is 82.7 cm³/mol. The molecule has 2 amide bonds. The predicted octanol–water partition coefficient (Wildman–Crippen LogP) is 1.10. The van der Waals surface area contributed by atoms with Crippen LogP contribution < -0.4 is 10.6 Å². The van der Waals surface area contributed by atoms with Gasteiger partial charge in [-0.1, -0.05) is 11.2 Å². The molecule has 0 aliphatic heterocycles. The summed E-state index contributed by atoms with van der Waals surface area (Å²) in [6.45, 7) is 3.56. The van der Waals surface area contributed by atoms with Gasteiger partial charge < -0.3 is 19.9 Å². The van der Waals surface area contributed by atoms with Crippen molar-refractivity contribution in [1.82, 2.24) is 20.8 Å². The second kappa shape index (κ2) is 7.34. The Morgan fingerprint density at radius 2 is 2.22 bits per heavy atom. The van der Waals surface area contributed by atoms with Gasteiger partial charge in [-0.05, 0) is 25.3 Å². The third kappa shape index (κ3) is 4.60. The molecule has 0 unspecified atom stereocenters. The second-order valence-corrected chi connectivity index (χ2v) is 6.22. The van der Waals surface area contributed by atoms with Gasteiger partial charge in [-0.3, -0.25) is 9.59 Å². The van der Waals surface area contributed by atoms with Crippen molar-refractivity contribution >= 4 is 23.2 Å². The van der Waals surface area contributed by atoms with Gasteiger partial charge in [-0.2, -0.15) is 4.98 Å². The third-order valence-electron chi connectivity index (χ3n) is 2.92. The monoisotopic (exact) mass is 338 g/mol. The minimum atomic E-state index is -1.07. The molecule has 2 heterocycles. The van der Waals surface area contributed by atoms with Gasteiger partial charge in [-0.25, -0.2) is 0 Å². The molecule has 0 aromatic carbocycles. The first kappa shape index (κ1) is 17.1. The van der Waals surface area contributed by atoms with Crippen molar-refractivity contribution in [3.8, 4) is 0 Å². The average molecular weight is 338 g/mol. The van der Waals surface area contributed by atoms with Crippen LogP contribution in [0, 0.1) is 0 Å². The van der Waals surface area contributed by atoms with Crippen LogP contribution in [0.25, 0.3) is 0 Å². The zero-order valence-electron chi connectivity index (χ0n) is 13.1. The number of carbonyl (C=O) groups is 2. The molecule has 23 heavy (non-hydrogen) atoms. The van der Waals surface area contributed by atoms with E-state index < -0.39 is 5.54 Å². The number of hydrogen-bond donors (Lipinski definition) is 2. The summed E-state index contributed by atoms with van der Waals surface area (Å²) in [5.41, 5.74) is -1.07. The number of thiophene rings is 1. The molecule has 0 aliphatic carbocycles. The van der Waals surface area contributed by atoms with Gasteiger partial charge in [0, 0.05) is 7.11 Å². The van der Waals surface area contributed by atoms with E-state index in [1.807, 2.05) is 0 Å². The number of carbonyl (C=O) groups excluding carboxylic acids is 2. The van der Waals surface area contributed by atoms with E-state index in [1.54, 1.807) is 31.4 Å². The zero-order chi connectivity index (χ0) is 16.9. The topological polar surface area (TPSA) is 106 Å². The summed E-state index contributed by atoms with van der Waals surface area (Å²) < 4.78 is 9.80. The molecular formula is C14H18N4O4S. The number of methoxy groups -OCH3 is 1. The smallest absolute Gasteiger partial charge is 0.262 e. The highest BCUT2D eigenvalue weighted by Crippen LogP contribution is 2.11. The van der Waals surface area contributed by atoms with Crippen molar-refractivity contribution in [2.24, 2.45) is 0 Å². The first-order valence-electron chi connectivity index (χ1n) is 6.87. The summed E-state index contributed by atoms with van der Waals surface area (Å²) in [6, 6.07) is 3.48. The van der Waals surface area contributed by atoms with E-state index in [4.69, 9.17) is 9.26 Å². The summed E-state index contributed by atoms with van der Waals surface area (Å²) in [7, 11) is 1.52. The number of nitrogens with one attached hydrogen (secondary N) is 2. The van der Waals surface area contributed by atoms with Crippen molar-refractivity contribution < 1.29 is 18.8 Å². The maximum Gasteiger partial charge on any atom is 0.262 e. The van der Waals surface area contributed by atoms with Crippen LogP contribution in [0.5, 0.6) is 0 Å². The van der Waals surface area contributed by atoms with E-state index in [0.29, 0.717) is 16.6 Å². The lowest BCUT2D eigenvalue weighted by molar-refractivity contribution is -0.126. The Hall–Kier alpha value is -2.26. The Balaban J connectivity index is 1.88. The molecule has 0 atom stereocenters. The number of aromatic nitrogens is 2. The van der Waals surface area contributed by atoms with E-state index in [2.05, 4.69) is 20.8 Å². The highest BCUT2D eigenvalue weighted by molar-refractivity contribution is 7.12. The van der Waals surface area contributed by atoms with E-state index in [-0.39, 0.29) is 25.0 Å². The normalized spacial score (nSPS) is 11.3. The van der Waals surface area contributed by atoms with Crippen LogP contribution in [0.2, 0.25) is 0 Å². The number of nitrogens with zero attached hydrogens (tertiary/aromatic N) is 2. The molecule has 2 rings (SSSR count). The van der Waals surface area contributed by atoms with Crippen molar-refractivity contribution in [3.05, 3.63) is 34.1 Å². The van der Waals surface area contributed by atoms with Gasteiger partial charge in [0.05, 0.1) is 11.4 Å². The Kier molecular flexibility index (Phi) is 5.45. The van der Waals surface area contributed by atoms with E-state index in [0.717, 1.165) is 0 Å². The highest BCUT2D eigenvalue weighted by Gasteiger charge is 2.30. The molecule has 0 radical (unpaired) electrons. The average Bonchev–Trinajstić information content (AvgIpc) is 3.16. The molecule has 9 heteroatoms. The Labute approximate surface area is 137 Å². The van der Waals surface area contributed by atoms with Crippen molar-refractivity contribution in [3.63, 3.8) is 0 Å². The third-order valence-corrected chi connectivity index (χ3v) is 3.79. The molecule has 2 aromatic rings. The first-order chi connectivity index (χ1) is 10.9. The molecule has 0 spiro atoms. The zero-order valence-corrected chi connectivity index (χ0v) is 13.9. The van der Waals surface area contributed by atoms with Crippen molar-refractivity contribution in [1.29, 1.82) is 0 Å². The number of hydrogen-bond acceptors (Lipinski definition) is 7. The lowest BCUT2D eigenvalue weighted by atomic mass is 10.0. The van der Waals surface area contributed by atoms with Crippen LogP contribution in [0.15, 0.2) is 22.0 Å². The summed E-state index contributed by atoms with van der Waals surface area (Å²) in [5.74, 6) is 0.0374. The van der Waals surface area contributed by atoms with Gasteiger partial charge in [-0.15, -0.1) is 11.3 Å². The van der Waals surface area contributed by atoms with Crippen LogP contribution in [0.4, 0.5) is 0 Å². The molecule has 2 aromatic heterocycles. The molecule has 2 N–H and O–H groups in total. The minimum Gasteiger partial charge on any atom is -0.375 e. The molecule has 0 aliphatic rings. The quantitative estimate of drug-likeness (QED) is 0.783. The molecule has 0 saturated heterocycles. The molecule has 0 bridgehead atoms. The first-order valence-corrected chi connectivity index (χ1v) is 7.75. The fraction of sp³-hybridized carbons (Fsp3) is 0.429. The molecule has 0 saturated carbocycles. The summed E-state index contributed by atoms with van der Waals surface area (Å²) in [4.78, 5) is 28.9. The molecule has 124 valence electrons. The maximum atomic E-state index is 12.2. The van der Waals surface area contributed by atoms with Gasteiger partial charge >= 0.3 is 0 Å². The Morgan fingerprint density at radius 1 is 1.43 bits per heavy atom. The largest absolute Gasteiger partial charge is 0.375 e. The highest BCUT2D eigenvalue weighted by atomic mass is 32.1. The summed E-state index contributed by atoms with van der Waals surface area (Å²) in [5, 5.41) is 10.9. The standard InChI is InChI=1S/C14H18N4O4S/c1-14(2,17-12(19)9-5-4-6-23-9)13(20)15-7-10-16-11(8-21-3)22-18-10/h4-6H,7-8H2,1-3H3,(H,15,20)(H,17,19). The summed E-state index contributed by atoms with van der Waals surface area (Å²) >= 11 is 1.31. The molecule has 8 nitrogen and oxygen atoms in total. The number of rotatable bonds is 7. The summed E-state index contributed by atoms with van der Waals surface area (Å²) in [6.07, 6.45) is 0. The molecular weight excluding hydrogens is 320 g/mol. The fourth-order valence-corrected chi connectivity index (χ4v) is 2.35. The van der Waals surface area contributed by atoms with Crippen molar-refractivity contribution in [2.45, 2.75) is 32.5 Å². The van der Waals surface area contributed by atoms with Crippen LogP contribution in [0.1, 0.15) is 35.2 Å². The minimum absolute atomic E-state index is 0.102. The number of amides is 2. The molecule has 0 fully saturated rings. The van der Waals surface area contributed by atoms with Crippen LogP contribution in [-0.4, -0.2) is 34.6 Å². The SMILES string of the molecule is COCc1nc(CNC(=O)C(C)(C)NC(=O)c2cccs2)no1. The van der Waals surface area contributed by atoms with E-state index in [1.165, 1.54) is 18.4 Å². The van der Waals surface area contributed by atoms with Crippen LogP contribution in [-0.2, 0) is 22.7 Å². The van der Waals surface area contributed by atoms with Gasteiger partial charge in [0.15, 0.2) is 5.82 Å². The maximum absolute atomic E-state index is 12.2. The fourth-order valence-electron chi connectivity index (χ4n) is 1.73. The van der Waals surface area contributed by atoms with E-state index in [9.17, 15) is 9.59 Å². The van der Waals surface area contributed by atoms with Gasteiger partial charge in [0.1, 0.15) is 12.1 Å². The van der Waals surface area contributed by atoms with Crippen LogP contribution >= 0.6 is 11.3 Å². The lowest BCUT2D eigenvalue weighted by Crippen LogP contribution is -2.54. The van der Waals surface area contributed by atoms with Gasteiger partial charge in [0.2, 0.25) is 5.91 Å². The van der Waals surface area contributed by atoms with Gasteiger partial charge in [0.25, 0.3) is 11.8 Å². The number of ether oxygens (including phenoxy) is 1. The Morgan fingerprint density at radius 3 is 2.87 bits per heavy atom. The van der Waals surface area contributed by atoms with Crippen LogP contribution in [0.3, 0.4) is 0 Å². The Bertz CT molecular complexity index is 666. The lowest BCUT2D eigenvalue weighted by Gasteiger charge is -2.24.